The Morgan fingerprint density at radius 3 is 2.50 bits per heavy atom. The van der Waals surface area contributed by atoms with Crippen LogP contribution < -0.4 is 5.32 Å². The van der Waals surface area contributed by atoms with E-state index in [1.807, 2.05) is 6.07 Å². The van der Waals surface area contributed by atoms with Gasteiger partial charge in [-0.3, -0.25) is 0 Å². The summed E-state index contributed by atoms with van der Waals surface area (Å²) >= 11 is 6.02. The lowest BCUT2D eigenvalue weighted by Crippen LogP contribution is -2.32. The first-order valence-electron chi connectivity index (χ1n) is 6.43. The van der Waals surface area contributed by atoms with Crippen molar-refractivity contribution in [1.29, 1.82) is 5.26 Å². The smallest absolute Gasteiger partial charge is 0.244 e. The van der Waals surface area contributed by atoms with E-state index < -0.39 is 10.0 Å². The number of hydrogen-bond donors (Lipinski definition) is 1. The third kappa shape index (κ3) is 2.21. The van der Waals surface area contributed by atoms with E-state index in [2.05, 4.69) is 5.32 Å². The van der Waals surface area contributed by atoms with Gasteiger partial charge in [0.05, 0.1) is 16.7 Å². The number of benzene rings is 1. The number of sulfonamides is 1. The third-order valence-electron chi connectivity index (χ3n) is 4.03. The van der Waals surface area contributed by atoms with Crippen LogP contribution in [-0.4, -0.2) is 38.9 Å². The van der Waals surface area contributed by atoms with Gasteiger partial charge in [-0.2, -0.15) is 9.57 Å². The highest BCUT2D eigenvalue weighted by atomic mass is 35.5. The lowest BCUT2D eigenvalue weighted by atomic mass is 10.0. The van der Waals surface area contributed by atoms with Gasteiger partial charge in [-0.15, -0.1) is 0 Å². The van der Waals surface area contributed by atoms with Gasteiger partial charge >= 0.3 is 0 Å². The van der Waals surface area contributed by atoms with Crippen LogP contribution >= 0.6 is 11.6 Å². The summed E-state index contributed by atoms with van der Waals surface area (Å²) in [6.07, 6.45) is 0. The zero-order valence-electron chi connectivity index (χ0n) is 10.7. The normalized spacial score (nSPS) is 26.4. The molecule has 0 aliphatic carbocycles. The Balaban J connectivity index is 1.91. The Kier molecular flexibility index (Phi) is 3.46. The van der Waals surface area contributed by atoms with Gasteiger partial charge in [0.1, 0.15) is 4.90 Å². The summed E-state index contributed by atoms with van der Waals surface area (Å²) in [5, 5.41) is 12.2. The monoisotopic (exact) mass is 311 g/mol. The molecule has 2 atom stereocenters. The quantitative estimate of drug-likeness (QED) is 0.886. The Bertz CT molecular complexity index is 671. The molecule has 1 aromatic carbocycles. The second-order valence-corrected chi connectivity index (χ2v) is 7.57. The minimum atomic E-state index is -3.57. The topological polar surface area (TPSA) is 73.2 Å². The molecule has 5 nitrogen and oxygen atoms in total. The van der Waals surface area contributed by atoms with E-state index in [-0.39, 0.29) is 9.92 Å². The van der Waals surface area contributed by atoms with Crippen molar-refractivity contribution in [3.8, 4) is 6.07 Å². The average molecular weight is 312 g/mol. The molecule has 0 saturated carbocycles. The molecule has 7 heteroatoms. The highest BCUT2D eigenvalue weighted by Crippen LogP contribution is 2.33. The SMILES string of the molecule is N#Cc1ccc(S(=O)(=O)N2C[C@H]3CNC[C@H]3C2)c(Cl)c1. The molecule has 0 unspecified atom stereocenters. The molecule has 0 radical (unpaired) electrons. The highest BCUT2D eigenvalue weighted by Gasteiger charge is 2.41. The van der Waals surface area contributed by atoms with Gasteiger partial charge in [-0.25, -0.2) is 8.42 Å². The van der Waals surface area contributed by atoms with Crippen molar-refractivity contribution in [1.82, 2.24) is 9.62 Å². The van der Waals surface area contributed by atoms with Gasteiger partial charge < -0.3 is 5.32 Å². The lowest BCUT2D eigenvalue weighted by Gasteiger charge is -2.18. The van der Waals surface area contributed by atoms with Crippen LogP contribution in [0.5, 0.6) is 0 Å². The van der Waals surface area contributed by atoms with Gasteiger partial charge in [-0.05, 0) is 43.1 Å². The van der Waals surface area contributed by atoms with Crippen LogP contribution in [0.15, 0.2) is 23.1 Å². The molecule has 2 aliphatic rings. The maximum Gasteiger partial charge on any atom is 0.244 e. The molecule has 1 N–H and O–H groups in total. The fourth-order valence-corrected chi connectivity index (χ4v) is 5.00. The number of nitriles is 1. The van der Waals surface area contributed by atoms with E-state index in [1.54, 1.807) is 0 Å². The van der Waals surface area contributed by atoms with E-state index >= 15 is 0 Å². The standard InChI is InChI=1S/C13H14ClN3O2S/c14-12-3-9(4-15)1-2-13(12)20(18,19)17-7-10-5-16-6-11(10)8-17/h1-3,10-11,16H,5-8H2/t10-,11+. The number of rotatable bonds is 2. The summed E-state index contributed by atoms with van der Waals surface area (Å²) in [5.41, 5.74) is 0.358. The van der Waals surface area contributed by atoms with Crippen molar-refractivity contribution in [2.75, 3.05) is 26.2 Å². The van der Waals surface area contributed by atoms with Crippen molar-refractivity contribution in [2.24, 2.45) is 11.8 Å². The predicted molar refractivity (Wildman–Crippen MR) is 74.8 cm³/mol. The summed E-state index contributed by atoms with van der Waals surface area (Å²) in [7, 11) is -3.57. The summed E-state index contributed by atoms with van der Waals surface area (Å²) in [6.45, 7) is 2.82. The van der Waals surface area contributed by atoms with Crippen LogP contribution in [0.25, 0.3) is 0 Å². The molecule has 20 heavy (non-hydrogen) atoms. The van der Waals surface area contributed by atoms with E-state index in [1.165, 1.54) is 22.5 Å². The van der Waals surface area contributed by atoms with E-state index in [4.69, 9.17) is 16.9 Å². The Morgan fingerprint density at radius 2 is 1.95 bits per heavy atom. The van der Waals surface area contributed by atoms with Crippen LogP contribution in [0.3, 0.4) is 0 Å². The van der Waals surface area contributed by atoms with E-state index in [0.717, 1.165) is 13.1 Å². The van der Waals surface area contributed by atoms with E-state index in [9.17, 15) is 8.42 Å². The van der Waals surface area contributed by atoms with Crippen LogP contribution in [0.1, 0.15) is 5.56 Å². The number of fused-ring (bicyclic) bond motifs is 1. The first kappa shape index (κ1) is 13.8. The fraction of sp³-hybridized carbons (Fsp3) is 0.462. The predicted octanol–water partition coefficient (Wildman–Crippen LogP) is 1.05. The molecule has 0 amide bonds. The highest BCUT2D eigenvalue weighted by molar-refractivity contribution is 7.89. The first-order chi connectivity index (χ1) is 9.52. The molecule has 2 heterocycles. The second kappa shape index (κ2) is 5.01. The Morgan fingerprint density at radius 1 is 1.30 bits per heavy atom. The molecule has 1 aromatic rings. The maximum atomic E-state index is 12.6. The first-order valence-corrected chi connectivity index (χ1v) is 8.24. The summed E-state index contributed by atoms with van der Waals surface area (Å²) in [5.74, 6) is 0.781. The molecule has 0 bridgehead atoms. The lowest BCUT2D eigenvalue weighted by molar-refractivity contribution is 0.448. The van der Waals surface area contributed by atoms with Crippen LogP contribution in [0, 0.1) is 23.2 Å². The molecular formula is C13H14ClN3O2S. The summed E-state index contributed by atoms with van der Waals surface area (Å²) < 4.78 is 26.8. The minimum absolute atomic E-state index is 0.0890. The largest absolute Gasteiger partial charge is 0.316 e. The van der Waals surface area contributed by atoms with Gasteiger partial charge in [0.2, 0.25) is 10.0 Å². The average Bonchev–Trinajstić information content (AvgIpc) is 2.99. The molecule has 0 spiro atoms. The van der Waals surface area contributed by atoms with Crippen molar-refractivity contribution >= 4 is 21.6 Å². The number of halogens is 1. The van der Waals surface area contributed by atoms with E-state index in [0.29, 0.717) is 30.5 Å². The zero-order valence-corrected chi connectivity index (χ0v) is 12.3. The minimum Gasteiger partial charge on any atom is -0.316 e. The van der Waals surface area contributed by atoms with Crippen LogP contribution in [0.4, 0.5) is 0 Å². The van der Waals surface area contributed by atoms with Crippen molar-refractivity contribution < 1.29 is 8.42 Å². The molecule has 106 valence electrons. The summed E-state index contributed by atoms with van der Waals surface area (Å²) in [4.78, 5) is 0.0890. The second-order valence-electron chi connectivity index (χ2n) is 5.26. The third-order valence-corrected chi connectivity index (χ3v) is 6.35. The van der Waals surface area contributed by atoms with Crippen LogP contribution in [0.2, 0.25) is 5.02 Å². The Labute approximate surface area is 123 Å². The maximum absolute atomic E-state index is 12.6. The van der Waals surface area contributed by atoms with Gasteiger partial charge in [0.15, 0.2) is 0 Å². The van der Waals surface area contributed by atoms with Crippen molar-refractivity contribution in [3.63, 3.8) is 0 Å². The van der Waals surface area contributed by atoms with Gasteiger partial charge in [0.25, 0.3) is 0 Å². The molecule has 2 aliphatic heterocycles. The van der Waals surface area contributed by atoms with Crippen molar-refractivity contribution in [2.45, 2.75) is 4.90 Å². The molecule has 2 fully saturated rings. The number of hydrogen-bond acceptors (Lipinski definition) is 4. The number of nitrogens with one attached hydrogen (secondary N) is 1. The zero-order chi connectivity index (χ0) is 14.3. The molecular weight excluding hydrogens is 298 g/mol. The van der Waals surface area contributed by atoms with Gasteiger partial charge in [0, 0.05) is 13.1 Å². The molecule has 0 aromatic heterocycles. The fourth-order valence-electron chi connectivity index (χ4n) is 2.93. The van der Waals surface area contributed by atoms with Crippen molar-refractivity contribution in [3.05, 3.63) is 28.8 Å². The molecule has 2 saturated heterocycles. The van der Waals surface area contributed by atoms with Gasteiger partial charge in [-0.1, -0.05) is 11.6 Å². The van der Waals surface area contributed by atoms with Crippen LogP contribution in [-0.2, 0) is 10.0 Å². The molecule has 3 rings (SSSR count). The Hall–Kier alpha value is -1.13. The summed E-state index contributed by atoms with van der Waals surface area (Å²) in [6, 6.07) is 6.25. The number of nitrogens with zero attached hydrogens (tertiary/aromatic N) is 2.